The summed E-state index contributed by atoms with van der Waals surface area (Å²) in [5.74, 6) is 1.20. The molecule has 0 atom stereocenters. The van der Waals surface area contributed by atoms with Crippen molar-refractivity contribution in [1.82, 2.24) is 0 Å². The van der Waals surface area contributed by atoms with Crippen molar-refractivity contribution in [3.05, 3.63) is 59.7 Å². The van der Waals surface area contributed by atoms with E-state index < -0.39 is 19.1 Å². The van der Waals surface area contributed by atoms with Gasteiger partial charge in [0.05, 0.1) is 85.9 Å². The van der Waals surface area contributed by atoms with Gasteiger partial charge in [-0.15, -0.1) is 0 Å². The van der Waals surface area contributed by atoms with E-state index in [4.69, 9.17) is 47.4 Å². The number of alkyl halides is 3. The summed E-state index contributed by atoms with van der Waals surface area (Å²) in [5, 5.41) is 0. The van der Waals surface area contributed by atoms with Crippen LogP contribution < -0.4 is 9.47 Å². The van der Waals surface area contributed by atoms with E-state index in [1.165, 1.54) is 0 Å². The summed E-state index contributed by atoms with van der Waals surface area (Å²) in [5.41, 5.74) is 1.89. The predicted molar refractivity (Wildman–Crippen MR) is 170 cm³/mol. The molecule has 48 heavy (non-hydrogen) atoms. The minimum absolute atomic E-state index is 0.0773. The van der Waals surface area contributed by atoms with Gasteiger partial charge in [0.15, 0.2) is 17.8 Å². The van der Waals surface area contributed by atoms with Crippen LogP contribution in [0.4, 0.5) is 13.2 Å². The first-order chi connectivity index (χ1) is 23.4. The number of hydrogen-bond acceptors (Lipinski definition) is 11. The van der Waals surface area contributed by atoms with Gasteiger partial charge in [-0.1, -0.05) is 36.4 Å². The van der Waals surface area contributed by atoms with Crippen LogP contribution in [0.5, 0.6) is 11.5 Å². The maximum atomic E-state index is 11.9. The van der Waals surface area contributed by atoms with Crippen LogP contribution >= 0.6 is 0 Å². The summed E-state index contributed by atoms with van der Waals surface area (Å²) in [6, 6.07) is 15.6. The number of ether oxygens (including phenoxy) is 11. The summed E-state index contributed by atoms with van der Waals surface area (Å²) in [4.78, 5) is 0. The van der Waals surface area contributed by atoms with E-state index in [1.54, 1.807) is 0 Å². The minimum Gasteiger partial charge on any atom is -0.487 e. The third-order valence-corrected chi connectivity index (χ3v) is 6.10. The van der Waals surface area contributed by atoms with E-state index in [0.29, 0.717) is 104 Å². The van der Waals surface area contributed by atoms with Gasteiger partial charge in [0.2, 0.25) is 0 Å². The summed E-state index contributed by atoms with van der Waals surface area (Å²) in [6.45, 7) is 8.56. The lowest BCUT2D eigenvalue weighted by molar-refractivity contribution is -0.176. The summed E-state index contributed by atoms with van der Waals surface area (Å²) >= 11 is 0. The molecule has 0 fully saturated rings. The predicted octanol–water partition coefficient (Wildman–Crippen LogP) is 5.39. The van der Waals surface area contributed by atoms with Gasteiger partial charge in [-0.05, 0) is 31.5 Å². The fraction of sp³-hybridized carbons (Fsp3) is 0.647. The molecular weight excluding hydrogens is 641 g/mol. The topological polar surface area (TPSA) is 102 Å². The van der Waals surface area contributed by atoms with Gasteiger partial charge in [0, 0.05) is 18.8 Å². The molecule has 0 aliphatic carbocycles. The van der Waals surface area contributed by atoms with Crippen molar-refractivity contribution in [3.8, 4) is 11.5 Å². The van der Waals surface area contributed by atoms with Crippen LogP contribution in [0.3, 0.4) is 0 Å². The molecule has 0 aliphatic heterocycles. The van der Waals surface area contributed by atoms with Crippen molar-refractivity contribution in [2.24, 2.45) is 0 Å². The molecular formula is C34H51F3O11. The quantitative estimate of drug-likeness (QED) is 0.0751. The molecule has 0 saturated carbocycles. The number of hydrogen-bond donors (Lipinski definition) is 0. The SMILES string of the molecule is CCOC(OCC)c1ccc(OCc2ccccc2)c(OCCOCCOCCOCCOCCOCCOCCOCC(F)(F)F)c1. The molecule has 2 aromatic rings. The zero-order valence-corrected chi connectivity index (χ0v) is 28.0. The molecule has 0 spiro atoms. The van der Waals surface area contributed by atoms with E-state index in [-0.39, 0.29) is 19.8 Å². The second-order valence-corrected chi connectivity index (χ2v) is 9.91. The molecule has 0 amide bonds. The van der Waals surface area contributed by atoms with Gasteiger partial charge in [-0.25, -0.2) is 0 Å². The molecule has 11 nitrogen and oxygen atoms in total. The van der Waals surface area contributed by atoms with E-state index in [1.807, 2.05) is 62.4 Å². The number of halogens is 3. The van der Waals surface area contributed by atoms with Gasteiger partial charge in [0.25, 0.3) is 0 Å². The third-order valence-electron chi connectivity index (χ3n) is 6.10. The molecule has 0 aromatic heterocycles. The Bertz CT molecular complexity index is 1030. The van der Waals surface area contributed by atoms with Gasteiger partial charge >= 0.3 is 6.18 Å². The molecule has 0 heterocycles. The van der Waals surface area contributed by atoms with Crippen molar-refractivity contribution >= 4 is 0 Å². The summed E-state index contributed by atoms with van der Waals surface area (Å²) < 4.78 is 96.3. The van der Waals surface area contributed by atoms with Gasteiger partial charge in [-0.2, -0.15) is 13.2 Å². The van der Waals surface area contributed by atoms with Crippen molar-refractivity contribution in [2.75, 3.05) is 112 Å². The van der Waals surface area contributed by atoms with Crippen molar-refractivity contribution < 1.29 is 65.3 Å². The van der Waals surface area contributed by atoms with Gasteiger partial charge in [0.1, 0.15) is 19.8 Å². The molecule has 0 bridgehead atoms. The summed E-state index contributed by atoms with van der Waals surface area (Å²) in [7, 11) is 0. The Morgan fingerprint density at radius 3 is 1.44 bits per heavy atom. The van der Waals surface area contributed by atoms with Crippen LogP contribution in [-0.2, 0) is 49.2 Å². The first-order valence-corrected chi connectivity index (χ1v) is 16.2. The van der Waals surface area contributed by atoms with Crippen molar-refractivity contribution in [1.29, 1.82) is 0 Å². The standard InChI is InChI=1S/C34H51F3O11/c1-3-45-33(46-4-2)30-10-11-31(48-27-29-8-6-5-7-9-29)32(26-30)47-25-24-43-21-20-41-17-16-39-13-12-38-14-15-40-18-19-42-22-23-44-28-34(35,36)37/h5-11,26,33H,3-4,12-25,27-28H2,1-2H3. The second kappa shape index (κ2) is 27.3. The fourth-order valence-electron chi connectivity index (χ4n) is 3.90. The summed E-state index contributed by atoms with van der Waals surface area (Å²) in [6.07, 6.45) is -4.82. The monoisotopic (exact) mass is 692 g/mol. The molecule has 0 N–H and O–H groups in total. The van der Waals surface area contributed by atoms with Crippen LogP contribution in [0, 0.1) is 0 Å². The van der Waals surface area contributed by atoms with Crippen LogP contribution in [0.25, 0.3) is 0 Å². The van der Waals surface area contributed by atoms with E-state index in [2.05, 4.69) is 4.74 Å². The Morgan fingerprint density at radius 2 is 0.979 bits per heavy atom. The lowest BCUT2D eigenvalue weighted by Gasteiger charge is -2.20. The molecule has 2 aromatic carbocycles. The first-order valence-electron chi connectivity index (χ1n) is 16.2. The largest absolute Gasteiger partial charge is 0.487 e. The average molecular weight is 693 g/mol. The molecule has 14 heteroatoms. The highest BCUT2D eigenvalue weighted by molar-refractivity contribution is 5.43. The van der Waals surface area contributed by atoms with Crippen LogP contribution in [0.2, 0.25) is 0 Å². The van der Waals surface area contributed by atoms with Crippen molar-refractivity contribution in [3.63, 3.8) is 0 Å². The van der Waals surface area contributed by atoms with Gasteiger partial charge < -0.3 is 52.1 Å². The zero-order valence-electron chi connectivity index (χ0n) is 28.0. The first kappa shape index (κ1) is 41.6. The maximum absolute atomic E-state index is 11.9. The normalized spacial score (nSPS) is 11.8. The Kier molecular flexibility index (Phi) is 23.7. The Morgan fingerprint density at radius 1 is 0.521 bits per heavy atom. The second-order valence-electron chi connectivity index (χ2n) is 9.91. The lowest BCUT2D eigenvalue weighted by atomic mass is 10.2. The van der Waals surface area contributed by atoms with E-state index >= 15 is 0 Å². The molecule has 0 unspecified atom stereocenters. The Balaban J connectivity index is 1.47. The molecule has 274 valence electrons. The zero-order chi connectivity index (χ0) is 34.5. The van der Waals surface area contributed by atoms with Crippen LogP contribution in [0.1, 0.15) is 31.3 Å². The third kappa shape index (κ3) is 21.4. The van der Waals surface area contributed by atoms with Crippen LogP contribution in [0.15, 0.2) is 48.5 Å². The highest BCUT2D eigenvalue weighted by Crippen LogP contribution is 2.33. The number of rotatable bonds is 31. The molecule has 0 saturated heterocycles. The van der Waals surface area contributed by atoms with Gasteiger partial charge in [-0.3, -0.25) is 0 Å². The molecule has 0 aliphatic rings. The average Bonchev–Trinajstić information content (AvgIpc) is 3.07. The smallest absolute Gasteiger partial charge is 0.411 e. The lowest BCUT2D eigenvalue weighted by Crippen LogP contribution is -2.19. The van der Waals surface area contributed by atoms with E-state index in [9.17, 15) is 13.2 Å². The fourth-order valence-corrected chi connectivity index (χ4v) is 3.90. The highest BCUT2D eigenvalue weighted by Gasteiger charge is 2.27. The minimum atomic E-state index is -4.32. The van der Waals surface area contributed by atoms with Crippen molar-refractivity contribution in [2.45, 2.75) is 32.9 Å². The maximum Gasteiger partial charge on any atom is 0.411 e. The molecule has 2 rings (SSSR count). The Hall–Kier alpha value is -2.53. The van der Waals surface area contributed by atoms with E-state index in [0.717, 1.165) is 11.1 Å². The molecule has 0 radical (unpaired) electrons. The number of benzene rings is 2. The highest BCUT2D eigenvalue weighted by atomic mass is 19.4. The van der Waals surface area contributed by atoms with Crippen LogP contribution in [-0.4, -0.2) is 118 Å². The Labute approximate surface area is 281 Å².